The normalized spacial score (nSPS) is 15.0. The summed E-state index contributed by atoms with van der Waals surface area (Å²) in [4.78, 5) is 28.7. The lowest BCUT2D eigenvalue weighted by molar-refractivity contribution is 0.0983. The first-order valence-corrected chi connectivity index (χ1v) is 9.73. The number of carbonyl (C=O) groups is 1. The van der Waals surface area contributed by atoms with Gasteiger partial charge in [-0.1, -0.05) is 19.1 Å². The number of carbonyl (C=O) groups excluding carboxylic acids is 1. The van der Waals surface area contributed by atoms with Gasteiger partial charge >= 0.3 is 0 Å². The fourth-order valence-electron chi connectivity index (χ4n) is 3.49. The molecule has 0 bridgehead atoms. The van der Waals surface area contributed by atoms with Gasteiger partial charge in [-0.3, -0.25) is 4.79 Å². The third-order valence-corrected chi connectivity index (χ3v) is 5.06. The summed E-state index contributed by atoms with van der Waals surface area (Å²) in [6.45, 7) is 13.6. The monoisotopic (exact) mass is 367 g/mol. The van der Waals surface area contributed by atoms with Crippen LogP contribution in [-0.4, -0.2) is 60.0 Å². The highest BCUT2D eigenvalue weighted by molar-refractivity contribution is 6.05. The van der Waals surface area contributed by atoms with Crippen molar-refractivity contribution in [3.63, 3.8) is 0 Å². The van der Waals surface area contributed by atoms with Crippen molar-refractivity contribution in [3.8, 4) is 0 Å². The van der Waals surface area contributed by atoms with Gasteiger partial charge in [-0.25, -0.2) is 9.97 Å². The van der Waals surface area contributed by atoms with Gasteiger partial charge in [0, 0.05) is 44.5 Å². The summed E-state index contributed by atoms with van der Waals surface area (Å²) in [5.74, 6) is 1.40. The van der Waals surface area contributed by atoms with Crippen LogP contribution >= 0.6 is 0 Å². The zero-order chi connectivity index (χ0) is 19.4. The second kappa shape index (κ2) is 8.48. The molecular formula is C21H29N5O. The molecule has 1 aromatic carbocycles. The van der Waals surface area contributed by atoms with E-state index >= 15 is 0 Å². The van der Waals surface area contributed by atoms with Crippen molar-refractivity contribution in [1.82, 2.24) is 14.9 Å². The Kier molecular flexibility index (Phi) is 6.06. The van der Waals surface area contributed by atoms with E-state index in [4.69, 9.17) is 0 Å². The van der Waals surface area contributed by atoms with Crippen LogP contribution in [-0.2, 0) is 0 Å². The fraction of sp³-hybridized carbons (Fsp3) is 0.476. The molecule has 1 saturated heterocycles. The van der Waals surface area contributed by atoms with E-state index in [9.17, 15) is 4.79 Å². The molecule has 1 aromatic heterocycles. The first kappa shape index (κ1) is 19.3. The molecule has 2 heterocycles. The highest BCUT2D eigenvalue weighted by Gasteiger charge is 2.22. The van der Waals surface area contributed by atoms with Crippen molar-refractivity contribution in [2.24, 2.45) is 0 Å². The molecule has 2 aromatic rings. The number of hydrogen-bond donors (Lipinski definition) is 0. The number of benzene rings is 1. The summed E-state index contributed by atoms with van der Waals surface area (Å²) in [7, 11) is 0. The van der Waals surface area contributed by atoms with Crippen molar-refractivity contribution >= 4 is 17.4 Å². The Labute approximate surface area is 161 Å². The average Bonchev–Trinajstić information content (AvgIpc) is 2.68. The number of likely N-dealkylation sites (N-methyl/N-ethyl adjacent to an activating group) is 1. The lowest BCUT2D eigenvalue weighted by Crippen LogP contribution is -2.46. The van der Waals surface area contributed by atoms with Crippen LogP contribution in [0.15, 0.2) is 30.3 Å². The van der Waals surface area contributed by atoms with Crippen molar-refractivity contribution in [2.75, 3.05) is 49.1 Å². The molecule has 1 fully saturated rings. The Morgan fingerprint density at radius 1 is 1.07 bits per heavy atom. The molecule has 144 valence electrons. The zero-order valence-corrected chi connectivity index (χ0v) is 16.8. The lowest BCUT2D eigenvalue weighted by atomic mass is 10.2. The maximum absolute atomic E-state index is 13.2. The maximum atomic E-state index is 13.2. The highest BCUT2D eigenvalue weighted by Crippen LogP contribution is 2.20. The number of nitrogens with zero attached hydrogens (tertiary/aromatic N) is 5. The molecule has 6 heteroatoms. The van der Waals surface area contributed by atoms with Crippen LogP contribution in [0.3, 0.4) is 0 Å². The van der Waals surface area contributed by atoms with Crippen molar-refractivity contribution < 1.29 is 4.79 Å². The first-order valence-electron chi connectivity index (χ1n) is 9.73. The van der Waals surface area contributed by atoms with Crippen molar-refractivity contribution in [2.45, 2.75) is 27.7 Å². The number of anilines is 2. The smallest absolute Gasteiger partial charge is 0.277 e. The molecule has 1 aliphatic rings. The van der Waals surface area contributed by atoms with Crippen LogP contribution < -0.4 is 9.80 Å². The average molecular weight is 367 g/mol. The molecule has 0 aliphatic carbocycles. The molecule has 0 atom stereocenters. The number of amides is 1. The van der Waals surface area contributed by atoms with Crippen molar-refractivity contribution in [1.29, 1.82) is 0 Å². The molecular weight excluding hydrogens is 338 g/mol. The van der Waals surface area contributed by atoms with E-state index in [2.05, 4.69) is 26.7 Å². The molecule has 0 radical (unpaired) electrons. The van der Waals surface area contributed by atoms with Crippen LogP contribution in [0.2, 0.25) is 0 Å². The third kappa shape index (κ3) is 4.45. The first-order chi connectivity index (χ1) is 13.0. The van der Waals surface area contributed by atoms with Gasteiger partial charge in [0.05, 0.1) is 0 Å². The van der Waals surface area contributed by atoms with Gasteiger partial charge in [0.2, 0.25) is 0 Å². The predicted molar refractivity (Wildman–Crippen MR) is 110 cm³/mol. The van der Waals surface area contributed by atoms with Gasteiger partial charge in [0.25, 0.3) is 5.91 Å². The minimum Gasteiger partial charge on any atom is -0.354 e. The number of piperazine rings is 1. The Hall–Kier alpha value is -2.47. The molecule has 1 aliphatic heterocycles. The maximum Gasteiger partial charge on any atom is 0.277 e. The second-order valence-electron chi connectivity index (χ2n) is 6.97. The van der Waals surface area contributed by atoms with Gasteiger partial charge in [-0.05, 0) is 45.0 Å². The minimum atomic E-state index is -0.0814. The molecule has 0 unspecified atom stereocenters. The molecule has 0 N–H and O–H groups in total. The van der Waals surface area contributed by atoms with Gasteiger partial charge in [0.1, 0.15) is 17.3 Å². The van der Waals surface area contributed by atoms with E-state index in [1.165, 1.54) is 0 Å². The van der Waals surface area contributed by atoms with Crippen LogP contribution in [0, 0.1) is 13.8 Å². The van der Waals surface area contributed by atoms with E-state index in [-0.39, 0.29) is 5.91 Å². The Morgan fingerprint density at radius 3 is 2.44 bits per heavy atom. The largest absolute Gasteiger partial charge is 0.354 e. The molecule has 0 saturated carbocycles. The number of hydrogen-bond acceptors (Lipinski definition) is 5. The fourth-order valence-corrected chi connectivity index (χ4v) is 3.49. The predicted octanol–water partition coefficient (Wildman–Crippen LogP) is 2.90. The zero-order valence-electron chi connectivity index (χ0n) is 16.8. The van der Waals surface area contributed by atoms with Crippen molar-refractivity contribution in [3.05, 3.63) is 47.4 Å². The van der Waals surface area contributed by atoms with Crippen LogP contribution in [0.5, 0.6) is 0 Å². The summed E-state index contributed by atoms with van der Waals surface area (Å²) < 4.78 is 0. The van der Waals surface area contributed by atoms with E-state index < -0.39 is 0 Å². The standard InChI is InChI=1S/C21H29N5O/c1-5-24-10-12-25(13-11-24)20-15-19(22-17(4)23-20)21(27)26(6-2)18-9-7-8-16(3)14-18/h7-9,14-15H,5-6,10-13H2,1-4H3. The molecule has 3 rings (SSSR count). The van der Waals surface area contributed by atoms with E-state index in [1.807, 2.05) is 51.1 Å². The van der Waals surface area contributed by atoms with Gasteiger partial charge in [0.15, 0.2) is 0 Å². The van der Waals surface area contributed by atoms with E-state index in [0.717, 1.165) is 49.8 Å². The topological polar surface area (TPSA) is 52.6 Å². The van der Waals surface area contributed by atoms with Gasteiger partial charge < -0.3 is 14.7 Å². The molecule has 6 nitrogen and oxygen atoms in total. The van der Waals surface area contributed by atoms with Gasteiger partial charge in [-0.2, -0.15) is 0 Å². The number of aryl methyl sites for hydroxylation is 2. The third-order valence-electron chi connectivity index (χ3n) is 5.06. The molecule has 0 spiro atoms. The summed E-state index contributed by atoms with van der Waals surface area (Å²) in [5, 5.41) is 0. The molecule has 1 amide bonds. The Balaban J connectivity index is 1.85. The van der Waals surface area contributed by atoms with E-state index in [0.29, 0.717) is 18.1 Å². The van der Waals surface area contributed by atoms with Crippen LogP contribution in [0.25, 0.3) is 0 Å². The number of aromatic nitrogens is 2. The van der Waals surface area contributed by atoms with E-state index in [1.54, 1.807) is 4.90 Å². The Morgan fingerprint density at radius 2 is 1.81 bits per heavy atom. The quantitative estimate of drug-likeness (QED) is 0.813. The summed E-state index contributed by atoms with van der Waals surface area (Å²) in [6, 6.07) is 9.85. The highest BCUT2D eigenvalue weighted by atomic mass is 16.2. The van der Waals surface area contributed by atoms with Crippen LogP contribution in [0.1, 0.15) is 35.7 Å². The Bertz CT molecular complexity index is 799. The summed E-state index contributed by atoms with van der Waals surface area (Å²) >= 11 is 0. The van der Waals surface area contributed by atoms with Gasteiger partial charge in [-0.15, -0.1) is 0 Å². The van der Waals surface area contributed by atoms with Crippen LogP contribution in [0.4, 0.5) is 11.5 Å². The minimum absolute atomic E-state index is 0.0814. The SMILES string of the molecule is CCN1CCN(c2cc(C(=O)N(CC)c3cccc(C)c3)nc(C)n2)CC1. The number of rotatable bonds is 5. The summed E-state index contributed by atoms with van der Waals surface area (Å²) in [6.07, 6.45) is 0. The molecule has 27 heavy (non-hydrogen) atoms. The second-order valence-corrected chi connectivity index (χ2v) is 6.97. The lowest BCUT2D eigenvalue weighted by Gasteiger charge is -2.35. The summed E-state index contributed by atoms with van der Waals surface area (Å²) in [5.41, 5.74) is 2.49.